The molecule has 2 nitrogen and oxygen atoms in total. The number of rotatable bonds is 6. The third-order valence-corrected chi connectivity index (χ3v) is 1.78. The van der Waals surface area contributed by atoms with Crippen LogP contribution in [0.5, 0.6) is 5.75 Å². The summed E-state index contributed by atoms with van der Waals surface area (Å²) in [6.45, 7) is 0.872. The van der Waals surface area contributed by atoms with Gasteiger partial charge < -0.3 is 9.47 Å². The Morgan fingerprint density at radius 1 is 1.13 bits per heavy atom. The average molecular weight is 237 g/mol. The molecule has 0 spiro atoms. The smallest absolute Gasteiger partial charge is 0.200 e. The number of halogens is 3. The van der Waals surface area contributed by atoms with Crippen LogP contribution >= 0.6 is 11.6 Å². The van der Waals surface area contributed by atoms with Crippen molar-refractivity contribution >= 4 is 11.6 Å². The summed E-state index contributed by atoms with van der Waals surface area (Å²) in [7, 11) is 0. The third-order valence-electron chi connectivity index (χ3n) is 1.62. The number of hydrogen-bond acceptors (Lipinski definition) is 2. The average Bonchev–Trinajstić information content (AvgIpc) is 2.24. The van der Waals surface area contributed by atoms with E-state index in [-0.39, 0.29) is 12.4 Å². The molecule has 84 valence electrons. The Balaban J connectivity index is 2.34. The van der Waals surface area contributed by atoms with Gasteiger partial charge in [-0.2, -0.15) is 4.39 Å². The van der Waals surface area contributed by atoms with Gasteiger partial charge in [0.2, 0.25) is 5.82 Å². The molecule has 0 saturated heterocycles. The number of hydrogen-bond donors (Lipinski definition) is 0. The van der Waals surface area contributed by atoms with Crippen molar-refractivity contribution in [2.24, 2.45) is 0 Å². The molecule has 0 fully saturated rings. The molecule has 0 heterocycles. The highest BCUT2D eigenvalue weighted by Gasteiger charge is 2.07. The molecule has 0 N–H and O–H groups in total. The van der Waals surface area contributed by atoms with E-state index in [1.54, 1.807) is 0 Å². The first-order valence-corrected chi connectivity index (χ1v) is 4.99. The van der Waals surface area contributed by atoms with Crippen LogP contribution in [0.25, 0.3) is 0 Å². The van der Waals surface area contributed by atoms with Gasteiger partial charge in [-0.1, -0.05) is 6.07 Å². The van der Waals surface area contributed by atoms with Crippen LogP contribution in [0.15, 0.2) is 18.2 Å². The molecule has 0 saturated carbocycles. The van der Waals surface area contributed by atoms with E-state index in [4.69, 9.17) is 21.1 Å². The van der Waals surface area contributed by atoms with Crippen molar-refractivity contribution in [1.82, 2.24) is 0 Å². The van der Waals surface area contributed by atoms with Gasteiger partial charge in [-0.05, 0) is 12.1 Å². The molecule has 1 rings (SSSR count). The fourth-order valence-corrected chi connectivity index (χ4v) is 1.07. The van der Waals surface area contributed by atoms with Gasteiger partial charge in [0.05, 0.1) is 13.2 Å². The second-order valence-electron chi connectivity index (χ2n) is 2.70. The van der Waals surface area contributed by atoms with Gasteiger partial charge in [-0.3, -0.25) is 0 Å². The van der Waals surface area contributed by atoms with Crippen molar-refractivity contribution in [1.29, 1.82) is 0 Å². The zero-order valence-corrected chi connectivity index (χ0v) is 8.77. The molecule has 0 aliphatic rings. The minimum absolute atomic E-state index is 0.107. The fourth-order valence-electron chi connectivity index (χ4n) is 0.963. The van der Waals surface area contributed by atoms with Crippen molar-refractivity contribution < 1.29 is 18.3 Å². The molecule has 0 aromatic heterocycles. The van der Waals surface area contributed by atoms with Crippen LogP contribution in [-0.2, 0) is 4.74 Å². The van der Waals surface area contributed by atoms with E-state index in [2.05, 4.69) is 0 Å². The number of alkyl halides is 1. The van der Waals surface area contributed by atoms with E-state index < -0.39 is 11.6 Å². The summed E-state index contributed by atoms with van der Waals surface area (Å²) < 4.78 is 35.7. The van der Waals surface area contributed by atoms with Gasteiger partial charge in [-0.15, -0.1) is 11.6 Å². The maximum absolute atomic E-state index is 13.0. The minimum Gasteiger partial charge on any atom is -0.488 e. The molecule has 1 aromatic carbocycles. The van der Waals surface area contributed by atoms with Gasteiger partial charge in [0, 0.05) is 5.88 Å². The Bertz CT molecular complexity index is 307. The molecule has 5 heteroatoms. The van der Waals surface area contributed by atoms with E-state index in [0.717, 1.165) is 6.07 Å². The number of ether oxygens (including phenoxy) is 2. The Labute approximate surface area is 91.8 Å². The van der Waals surface area contributed by atoms with Crippen LogP contribution in [0.2, 0.25) is 0 Å². The quantitative estimate of drug-likeness (QED) is 0.558. The minimum atomic E-state index is -0.977. The monoisotopic (exact) mass is 236 g/mol. The Hall–Kier alpha value is -0.870. The molecule has 0 radical (unpaired) electrons. The van der Waals surface area contributed by atoms with Crippen molar-refractivity contribution in [2.75, 3.05) is 25.7 Å². The zero-order chi connectivity index (χ0) is 11.1. The lowest BCUT2D eigenvalue weighted by molar-refractivity contribution is 0.109. The fraction of sp³-hybridized carbons (Fsp3) is 0.400. The molecular weight excluding hydrogens is 226 g/mol. The first-order valence-electron chi connectivity index (χ1n) is 4.46. The lowest BCUT2D eigenvalue weighted by Gasteiger charge is -2.07. The predicted octanol–water partition coefficient (Wildman–Crippen LogP) is 2.60. The Kier molecular flexibility index (Phi) is 5.36. The van der Waals surface area contributed by atoms with E-state index in [0.29, 0.717) is 19.1 Å². The zero-order valence-electron chi connectivity index (χ0n) is 8.01. The Morgan fingerprint density at radius 2 is 1.93 bits per heavy atom. The van der Waals surface area contributed by atoms with Crippen LogP contribution in [0.4, 0.5) is 8.78 Å². The highest BCUT2D eigenvalue weighted by atomic mass is 35.5. The summed E-state index contributed by atoms with van der Waals surface area (Å²) in [4.78, 5) is 0. The van der Waals surface area contributed by atoms with E-state index in [1.165, 1.54) is 12.1 Å². The molecule has 0 atom stereocenters. The normalized spacial score (nSPS) is 10.3. The topological polar surface area (TPSA) is 18.5 Å². The van der Waals surface area contributed by atoms with E-state index in [9.17, 15) is 8.78 Å². The standard InChI is InChI=1S/C10H11ClF2O2/c11-4-5-14-6-7-15-9-3-1-2-8(12)10(9)13/h1-3H,4-7H2. The molecule has 0 bridgehead atoms. The van der Waals surface area contributed by atoms with Gasteiger partial charge >= 0.3 is 0 Å². The van der Waals surface area contributed by atoms with Gasteiger partial charge in [0.1, 0.15) is 6.61 Å². The van der Waals surface area contributed by atoms with Crippen molar-refractivity contribution in [2.45, 2.75) is 0 Å². The summed E-state index contributed by atoms with van der Waals surface area (Å²) in [6.07, 6.45) is 0. The SMILES string of the molecule is Fc1cccc(OCCOCCCl)c1F. The lowest BCUT2D eigenvalue weighted by Crippen LogP contribution is -2.09. The first-order chi connectivity index (χ1) is 7.25. The molecular formula is C10H11ClF2O2. The van der Waals surface area contributed by atoms with Gasteiger partial charge in [0.25, 0.3) is 0 Å². The predicted molar refractivity (Wildman–Crippen MR) is 53.4 cm³/mol. The van der Waals surface area contributed by atoms with Crippen LogP contribution in [0, 0.1) is 11.6 Å². The molecule has 0 unspecified atom stereocenters. The van der Waals surface area contributed by atoms with E-state index >= 15 is 0 Å². The summed E-state index contributed by atoms with van der Waals surface area (Å²) in [5.74, 6) is -1.61. The van der Waals surface area contributed by atoms with Crippen molar-refractivity contribution in [3.8, 4) is 5.75 Å². The van der Waals surface area contributed by atoms with Crippen LogP contribution in [0.1, 0.15) is 0 Å². The van der Waals surface area contributed by atoms with Gasteiger partial charge in [-0.25, -0.2) is 4.39 Å². The van der Waals surface area contributed by atoms with E-state index in [1.807, 2.05) is 0 Å². The van der Waals surface area contributed by atoms with Gasteiger partial charge in [0.15, 0.2) is 11.6 Å². The summed E-state index contributed by atoms with van der Waals surface area (Å²) in [5, 5.41) is 0. The molecule has 15 heavy (non-hydrogen) atoms. The maximum Gasteiger partial charge on any atom is 0.200 e. The largest absolute Gasteiger partial charge is 0.488 e. The molecule has 0 aliphatic carbocycles. The van der Waals surface area contributed by atoms with Crippen LogP contribution in [-0.4, -0.2) is 25.7 Å². The third kappa shape index (κ3) is 4.01. The second kappa shape index (κ2) is 6.58. The second-order valence-corrected chi connectivity index (χ2v) is 3.08. The highest BCUT2D eigenvalue weighted by Crippen LogP contribution is 2.18. The molecule has 0 aliphatic heterocycles. The highest BCUT2D eigenvalue weighted by molar-refractivity contribution is 6.17. The molecule has 1 aromatic rings. The molecule has 0 amide bonds. The van der Waals surface area contributed by atoms with Crippen molar-refractivity contribution in [3.05, 3.63) is 29.8 Å². The van der Waals surface area contributed by atoms with Crippen LogP contribution in [0.3, 0.4) is 0 Å². The Morgan fingerprint density at radius 3 is 2.67 bits per heavy atom. The first kappa shape index (κ1) is 12.2. The van der Waals surface area contributed by atoms with Crippen molar-refractivity contribution in [3.63, 3.8) is 0 Å². The summed E-state index contributed by atoms with van der Waals surface area (Å²) in [5.41, 5.74) is 0. The summed E-state index contributed by atoms with van der Waals surface area (Å²) in [6, 6.07) is 3.78. The lowest BCUT2D eigenvalue weighted by atomic mass is 10.3. The summed E-state index contributed by atoms with van der Waals surface area (Å²) >= 11 is 5.37. The number of benzene rings is 1. The maximum atomic E-state index is 13.0. The van der Waals surface area contributed by atoms with Crippen LogP contribution < -0.4 is 4.74 Å².